The predicted octanol–water partition coefficient (Wildman–Crippen LogP) is 3.27. The first-order valence-corrected chi connectivity index (χ1v) is 7.66. The Hall–Kier alpha value is -0.860. The highest BCUT2D eigenvalue weighted by Crippen LogP contribution is 2.39. The molecule has 2 nitrogen and oxygen atoms in total. The molecule has 0 radical (unpaired) electrons. The highest BCUT2D eigenvalue weighted by Gasteiger charge is 2.37. The molecule has 1 aromatic rings. The molecule has 0 aromatic heterocycles. The van der Waals surface area contributed by atoms with Crippen molar-refractivity contribution in [3.05, 3.63) is 35.9 Å². The number of hydrogen-bond acceptors (Lipinski definition) is 2. The van der Waals surface area contributed by atoms with Gasteiger partial charge in [-0.3, -0.25) is 4.90 Å². The largest absolute Gasteiger partial charge is 0.330 e. The molecule has 0 bridgehead atoms. The van der Waals surface area contributed by atoms with Crippen molar-refractivity contribution in [2.75, 3.05) is 19.6 Å². The topological polar surface area (TPSA) is 29.3 Å². The standard InChI is InChI=1S/C17H28N2/c1-3-15(2)17(14-18)9-11-19(12-10-17)13-16-7-5-4-6-8-16/h4-8,15H,3,9-14,18H2,1-2H3. The van der Waals surface area contributed by atoms with Crippen LogP contribution in [-0.2, 0) is 6.54 Å². The van der Waals surface area contributed by atoms with Crippen molar-refractivity contribution >= 4 is 0 Å². The van der Waals surface area contributed by atoms with E-state index in [1.807, 2.05) is 0 Å². The van der Waals surface area contributed by atoms with Gasteiger partial charge >= 0.3 is 0 Å². The van der Waals surface area contributed by atoms with Gasteiger partial charge in [0.05, 0.1) is 0 Å². The molecule has 2 rings (SSSR count). The Balaban J connectivity index is 1.91. The molecule has 0 amide bonds. The summed E-state index contributed by atoms with van der Waals surface area (Å²) in [6, 6.07) is 10.8. The Morgan fingerprint density at radius 2 is 1.84 bits per heavy atom. The summed E-state index contributed by atoms with van der Waals surface area (Å²) in [5.41, 5.74) is 7.91. The van der Waals surface area contributed by atoms with Crippen molar-refractivity contribution in [3.8, 4) is 0 Å². The van der Waals surface area contributed by atoms with Gasteiger partial charge in [-0.05, 0) is 49.4 Å². The maximum absolute atomic E-state index is 6.09. The fourth-order valence-electron chi connectivity index (χ4n) is 3.33. The SMILES string of the molecule is CCC(C)C1(CN)CCN(Cc2ccccc2)CC1. The van der Waals surface area contributed by atoms with Crippen LogP contribution in [0, 0.1) is 11.3 Å². The van der Waals surface area contributed by atoms with Crippen LogP contribution in [0.4, 0.5) is 0 Å². The molecular formula is C17H28N2. The lowest BCUT2D eigenvalue weighted by Crippen LogP contribution is -2.46. The second kappa shape index (κ2) is 6.53. The lowest BCUT2D eigenvalue weighted by Gasteiger charge is -2.45. The van der Waals surface area contributed by atoms with Crippen molar-refractivity contribution < 1.29 is 0 Å². The zero-order chi connectivity index (χ0) is 13.7. The van der Waals surface area contributed by atoms with E-state index < -0.39 is 0 Å². The van der Waals surface area contributed by atoms with E-state index in [0.717, 1.165) is 19.0 Å². The van der Waals surface area contributed by atoms with Crippen LogP contribution in [0.2, 0.25) is 0 Å². The van der Waals surface area contributed by atoms with Crippen LogP contribution in [0.1, 0.15) is 38.7 Å². The molecule has 1 saturated heterocycles. The van der Waals surface area contributed by atoms with Crippen molar-refractivity contribution in [1.82, 2.24) is 4.90 Å². The summed E-state index contributed by atoms with van der Waals surface area (Å²) >= 11 is 0. The fourth-order valence-corrected chi connectivity index (χ4v) is 3.33. The number of likely N-dealkylation sites (tertiary alicyclic amines) is 1. The maximum atomic E-state index is 6.09. The number of nitrogens with zero attached hydrogens (tertiary/aromatic N) is 1. The molecule has 1 unspecified atom stereocenters. The Labute approximate surface area is 118 Å². The van der Waals surface area contributed by atoms with Crippen LogP contribution >= 0.6 is 0 Å². The van der Waals surface area contributed by atoms with Crippen LogP contribution in [0.5, 0.6) is 0 Å². The lowest BCUT2D eigenvalue weighted by molar-refractivity contribution is 0.0566. The third-order valence-electron chi connectivity index (χ3n) is 5.17. The monoisotopic (exact) mass is 260 g/mol. The van der Waals surface area contributed by atoms with Crippen molar-refractivity contribution in [2.24, 2.45) is 17.1 Å². The van der Waals surface area contributed by atoms with Crippen LogP contribution in [0.15, 0.2) is 30.3 Å². The minimum absolute atomic E-state index is 0.391. The highest BCUT2D eigenvalue weighted by molar-refractivity contribution is 5.14. The molecule has 1 heterocycles. The third kappa shape index (κ3) is 3.37. The van der Waals surface area contributed by atoms with Crippen LogP contribution < -0.4 is 5.73 Å². The summed E-state index contributed by atoms with van der Waals surface area (Å²) < 4.78 is 0. The average Bonchev–Trinajstić information content (AvgIpc) is 2.48. The van der Waals surface area contributed by atoms with Gasteiger partial charge in [-0.15, -0.1) is 0 Å². The van der Waals surface area contributed by atoms with E-state index in [1.54, 1.807) is 0 Å². The molecule has 1 aliphatic heterocycles. The lowest BCUT2D eigenvalue weighted by atomic mass is 9.68. The second-order valence-corrected chi connectivity index (χ2v) is 6.14. The zero-order valence-corrected chi connectivity index (χ0v) is 12.4. The Morgan fingerprint density at radius 3 is 2.37 bits per heavy atom. The van der Waals surface area contributed by atoms with Gasteiger partial charge in [0.1, 0.15) is 0 Å². The van der Waals surface area contributed by atoms with E-state index >= 15 is 0 Å². The molecule has 2 heteroatoms. The first-order chi connectivity index (χ1) is 9.20. The smallest absolute Gasteiger partial charge is 0.0233 e. The van der Waals surface area contributed by atoms with E-state index in [-0.39, 0.29) is 0 Å². The van der Waals surface area contributed by atoms with Gasteiger partial charge in [-0.25, -0.2) is 0 Å². The van der Waals surface area contributed by atoms with Gasteiger partial charge in [0.15, 0.2) is 0 Å². The third-order valence-corrected chi connectivity index (χ3v) is 5.17. The molecule has 19 heavy (non-hydrogen) atoms. The van der Waals surface area contributed by atoms with Crippen molar-refractivity contribution in [1.29, 1.82) is 0 Å². The molecule has 1 aromatic carbocycles. The Bertz CT molecular complexity index is 366. The Morgan fingerprint density at radius 1 is 1.21 bits per heavy atom. The molecule has 1 aliphatic rings. The van der Waals surface area contributed by atoms with Crippen LogP contribution in [0.25, 0.3) is 0 Å². The summed E-state index contributed by atoms with van der Waals surface area (Å²) in [5, 5.41) is 0. The van der Waals surface area contributed by atoms with E-state index in [4.69, 9.17) is 5.73 Å². The first-order valence-electron chi connectivity index (χ1n) is 7.66. The quantitative estimate of drug-likeness (QED) is 0.880. The molecule has 1 atom stereocenters. The van der Waals surface area contributed by atoms with E-state index in [9.17, 15) is 0 Å². The van der Waals surface area contributed by atoms with Gasteiger partial charge in [0.2, 0.25) is 0 Å². The molecule has 0 aliphatic carbocycles. The normalized spacial score (nSPS) is 21.2. The summed E-state index contributed by atoms with van der Waals surface area (Å²) in [6.07, 6.45) is 3.76. The maximum Gasteiger partial charge on any atom is 0.0233 e. The van der Waals surface area contributed by atoms with Gasteiger partial charge in [-0.1, -0.05) is 50.6 Å². The minimum Gasteiger partial charge on any atom is -0.330 e. The van der Waals surface area contributed by atoms with Crippen molar-refractivity contribution in [2.45, 2.75) is 39.7 Å². The van der Waals surface area contributed by atoms with Gasteiger partial charge < -0.3 is 5.73 Å². The summed E-state index contributed by atoms with van der Waals surface area (Å²) in [5.74, 6) is 0.747. The highest BCUT2D eigenvalue weighted by atomic mass is 15.1. The predicted molar refractivity (Wildman–Crippen MR) is 81.9 cm³/mol. The number of rotatable bonds is 5. The van der Waals surface area contributed by atoms with E-state index in [0.29, 0.717) is 5.41 Å². The number of piperidine rings is 1. The summed E-state index contributed by atoms with van der Waals surface area (Å²) in [6.45, 7) is 8.98. The van der Waals surface area contributed by atoms with Crippen molar-refractivity contribution in [3.63, 3.8) is 0 Å². The Kier molecular flexibility index (Phi) is 5.00. The molecule has 0 saturated carbocycles. The zero-order valence-electron chi connectivity index (χ0n) is 12.4. The molecule has 1 fully saturated rings. The first kappa shape index (κ1) is 14.5. The van der Waals surface area contributed by atoms with Crippen LogP contribution in [-0.4, -0.2) is 24.5 Å². The molecular weight excluding hydrogens is 232 g/mol. The summed E-state index contributed by atoms with van der Waals surface area (Å²) in [4.78, 5) is 2.58. The van der Waals surface area contributed by atoms with Gasteiger partial charge in [-0.2, -0.15) is 0 Å². The van der Waals surface area contributed by atoms with Gasteiger partial charge in [0.25, 0.3) is 0 Å². The fraction of sp³-hybridized carbons (Fsp3) is 0.647. The van der Waals surface area contributed by atoms with E-state index in [1.165, 1.54) is 37.9 Å². The average molecular weight is 260 g/mol. The van der Waals surface area contributed by atoms with Crippen LogP contribution in [0.3, 0.4) is 0 Å². The number of nitrogens with two attached hydrogens (primary N) is 1. The molecule has 0 spiro atoms. The molecule has 2 N–H and O–H groups in total. The number of benzene rings is 1. The minimum atomic E-state index is 0.391. The molecule has 106 valence electrons. The summed E-state index contributed by atoms with van der Waals surface area (Å²) in [7, 11) is 0. The number of hydrogen-bond donors (Lipinski definition) is 1. The second-order valence-electron chi connectivity index (χ2n) is 6.14. The van der Waals surface area contributed by atoms with Gasteiger partial charge in [0, 0.05) is 6.54 Å². The van der Waals surface area contributed by atoms with E-state index in [2.05, 4.69) is 49.1 Å².